The molecule has 3 rings (SSSR count). The molecule has 1 heterocycles. The predicted molar refractivity (Wildman–Crippen MR) is 87.6 cm³/mol. The van der Waals surface area contributed by atoms with E-state index in [4.69, 9.17) is 25.8 Å². The molecule has 1 atom stereocenters. The summed E-state index contributed by atoms with van der Waals surface area (Å²) in [6.07, 6.45) is 0.962. The Morgan fingerprint density at radius 2 is 1.88 bits per heavy atom. The van der Waals surface area contributed by atoms with Crippen LogP contribution in [0, 0.1) is 10.8 Å². The van der Waals surface area contributed by atoms with E-state index in [1.165, 1.54) is 7.11 Å². The zero-order valence-electron chi connectivity index (χ0n) is 13.8. The average Bonchev–Trinajstić information content (AvgIpc) is 2.86. The lowest BCUT2D eigenvalue weighted by molar-refractivity contribution is -0.217. The topological polar surface area (TPSA) is 61.8 Å². The summed E-state index contributed by atoms with van der Waals surface area (Å²) in [6.45, 7) is 2.37. The SMILES string of the molecule is COC(=O)C1(Cc2ccc(Cl)cc2)CCC2(COC(C)OC2)C1=O. The van der Waals surface area contributed by atoms with E-state index >= 15 is 0 Å². The normalized spacial score (nSPS) is 33.0. The molecule has 0 bridgehead atoms. The molecule has 130 valence electrons. The van der Waals surface area contributed by atoms with Gasteiger partial charge >= 0.3 is 5.97 Å². The Bertz CT molecular complexity index is 633. The van der Waals surface area contributed by atoms with Crippen molar-refractivity contribution in [3.63, 3.8) is 0 Å². The molecule has 2 aliphatic rings. The van der Waals surface area contributed by atoms with Crippen LogP contribution >= 0.6 is 11.6 Å². The Morgan fingerprint density at radius 1 is 1.25 bits per heavy atom. The minimum absolute atomic E-state index is 0.135. The summed E-state index contributed by atoms with van der Waals surface area (Å²) >= 11 is 5.92. The summed E-state index contributed by atoms with van der Waals surface area (Å²) in [5.41, 5.74) is -1.07. The molecule has 2 fully saturated rings. The van der Waals surface area contributed by atoms with E-state index in [0.717, 1.165) is 5.56 Å². The van der Waals surface area contributed by atoms with Gasteiger partial charge in [0, 0.05) is 5.02 Å². The van der Waals surface area contributed by atoms with Crippen LogP contribution in [-0.2, 0) is 30.2 Å². The number of Topliss-reactive ketones (excluding diaryl/α,β-unsaturated/α-hetero) is 1. The monoisotopic (exact) mass is 352 g/mol. The zero-order valence-corrected chi connectivity index (χ0v) is 14.6. The largest absolute Gasteiger partial charge is 0.468 e. The van der Waals surface area contributed by atoms with Crippen molar-refractivity contribution in [3.8, 4) is 0 Å². The number of rotatable bonds is 3. The van der Waals surface area contributed by atoms with Gasteiger partial charge in [-0.25, -0.2) is 0 Å². The Labute approximate surface area is 146 Å². The van der Waals surface area contributed by atoms with Gasteiger partial charge in [-0.05, 0) is 43.9 Å². The molecule has 0 N–H and O–H groups in total. The van der Waals surface area contributed by atoms with Crippen LogP contribution in [0.5, 0.6) is 0 Å². The van der Waals surface area contributed by atoms with Crippen LogP contribution in [0.25, 0.3) is 0 Å². The predicted octanol–water partition coefficient (Wildman–Crippen LogP) is 2.78. The van der Waals surface area contributed by atoms with Crippen LogP contribution in [0.1, 0.15) is 25.3 Å². The van der Waals surface area contributed by atoms with Gasteiger partial charge in [0.1, 0.15) is 5.41 Å². The molecule has 1 unspecified atom stereocenters. The van der Waals surface area contributed by atoms with Crippen molar-refractivity contribution in [3.05, 3.63) is 34.9 Å². The molecular formula is C18H21ClO5. The van der Waals surface area contributed by atoms with Crippen LogP contribution < -0.4 is 0 Å². The minimum Gasteiger partial charge on any atom is -0.468 e. The lowest BCUT2D eigenvalue weighted by Gasteiger charge is -2.36. The molecule has 1 aromatic carbocycles. The fourth-order valence-corrected chi connectivity index (χ4v) is 3.81. The highest BCUT2D eigenvalue weighted by atomic mass is 35.5. The summed E-state index contributed by atoms with van der Waals surface area (Å²) in [6, 6.07) is 7.18. The van der Waals surface area contributed by atoms with Gasteiger partial charge in [-0.1, -0.05) is 23.7 Å². The Balaban J connectivity index is 1.91. The van der Waals surface area contributed by atoms with Crippen LogP contribution in [0.15, 0.2) is 24.3 Å². The number of ether oxygens (including phenoxy) is 3. The number of benzene rings is 1. The van der Waals surface area contributed by atoms with Gasteiger partial charge < -0.3 is 14.2 Å². The number of ketones is 1. The minimum atomic E-state index is -1.18. The van der Waals surface area contributed by atoms with Crippen LogP contribution in [-0.4, -0.2) is 38.4 Å². The van der Waals surface area contributed by atoms with Gasteiger partial charge in [0.25, 0.3) is 0 Å². The fourth-order valence-electron chi connectivity index (χ4n) is 3.69. The van der Waals surface area contributed by atoms with E-state index in [1.807, 2.05) is 12.1 Å². The second-order valence-corrected chi connectivity index (χ2v) is 7.11. The third-order valence-corrected chi connectivity index (χ3v) is 5.38. The number of hydrogen-bond donors (Lipinski definition) is 0. The summed E-state index contributed by atoms with van der Waals surface area (Å²) in [7, 11) is 1.32. The molecule has 0 amide bonds. The van der Waals surface area contributed by atoms with Crippen molar-refractivity contribution < 1.29 is 23.8 Å². The van der Waals surface area contributed by atoms with Gasteiger partial charge in [0.2, 0.25) is 0 Å². The molecule has 0 aromatic heterocycles. The number of methoxy groups -OCH3 is 1. The average molecular weight is 353 g/mol. The van der Waals surface area contributed by atoms with E-state index in [0.29, 0.717) is 24.3 Å². The number of halogens is 1. The molecule has 0 radical (unpaired) electrons. The summed E-state index contributed by atoms with van der Waals surface area (Å²) in [5, 5.41) is 0.614. The van der Waals surface area contributed by atoms with E-state index in [9.17, 15) is 9.59 Å². The maximum atomic E-state index is 13.3. The van der Waals surface area contributed by atoms with Gasteiger partial charge in [-0.2, -0.15) is 0 Å². The zero-order chi connectivity index (χ0) is 17.4. The number of carbonyl (C=O) groups is 2. The molecule has 24 heavy (non-hydrogen) atoms. The van der Waals surface area contributed by atoms with Crippen LogP contribution in [0.4, 0.5) is 0 Å². The highest BCUT2D eigenvalue weighted by Crippen LogP contribution is 2.50. The van der Waals surface area contributed by atoms with E-state index < -0.39 is 16.8 Å². The second-order valence-electron chi connectivity index (χ2n) is 6.68. The maximum absolute atomic E-state index is 13.3. The molecule has 1 aromatic rings. The number of esters is 1. The fraction of sp³-hybridized carbons (Fsp3) is 0.556. The molecule has 1 saturated carbocycles. The molecule has 5 nitrogen and oxygen atoms in total. The lowest BCUT2D eigenvalue weighted by Crippen LogP contribution is -2.50. The first-order chi connectivity index (χ1) is 11.4. The summed E-state index contributed by atoms with van der Waals surface area (Å²) in [5.74, 6) is -0.623. The molecule has 1 aliphatic carbocycles. The Hall–Kier alpha value is -1.43. The molecule has 1 spiro atoms. The first-order valence-corrected chi connectivity index (χ1v) is 8.41. The number of carbonyl (C=O) groups excluding carboxylic acids is 2. The highest BCUT2D eigenvalue weighted by Gasteiger charge is 2.62. The Kier molecular flexibility index (Phi) is 4.69. The maximum Gasteiger partial charge on any atom is 0.319 e. The van der Waals surface area contributed by atoms with Gasteiger partial charge in [0.15, 0.2) is 12.1 Å². The quantitative estimate of drug-likeness (QED) is 0.618. The molecule has 6 heteroatoms. The first-order valence-electron chi connectivity index (χ1n) is 8.03. The van der Waals surface area contributed by atoms with Gasteiger partial charge in [0.05, 0.1) is 25.7 Å². The van der Waals surface area contributed by atoms with Crippen molar-refractivity contribution >= 4 is 23.4 Å². The van der Waals surface area contributed by atoms with Crippen molar-refractivity contribution in [2.75, 3.05) is 20.3 Å². The standard InChI is InChI=1S/C18H21ClO5/c1-12-23-10-17(11-24-12)7-8-18(15(17)20,16(21)22-2)9-13-3-5-14(19)6-4-13/h3-6,12H,7-11H2,1-2H3. The first kappa shape index (κ1) is 17.4. The molecule has 1 saturated heterocycles. The summed E-state index contributed by atoms with van der Waals surface area (Å²) < 4.78 is 16.1. The van der Waals surface area contributed by atoms with Crippen molar-refractivity contribution in [2.24, 2.45) is 10.8 Å². The van der Waals surface area contributed by atoms with E-state index in [-0.39, 0.29) is 25.3 Å². The van der Waals surface area contributed by atoms with Crippen LogP contribution in [0.2, 0.25) is 5.02 Å². The van der Waals surface area contributed by atoms with E-state index in [1.54, 1.807) is 19.1 Å². The second kappa shape index (κ2) is 6.47. The Morgan fingerprint density at radius 3 is 2.46 bits per heavy atom. The van der Waals surface area contributed by atoms with Gasteiger partial charge in [-0.15, -0.1) is 0 Å². The third kappa shape index (κ3) is 2.85. The van der Waals surface area contributed by atoms with Crippen LogP contribution in [0.3, 0.4) is 0 Å². The van der Waals surface area contributed by atoms with Crippen molar-refractivity contribution in [1.82, 2.24) is 0 Å². The number of hydrogen-bond acceptors (Lipinski definition) is 5. The highest BCUT2D eigenvalue weighted by molar-refractivity contribution is 6.30. The van der Waals surface area contributed by atoms with Crippen molar-refractivity contribution in [2.45, 2.75) is 32.5 Å². The van der Waals surface area contributed by atoms with Gasteiger partial charge in [-0.3, -0.25) is 9.59 Å². The van der Waals surface area contributed by atoms with Crippen molar-refractivity contribution in [1.29, 1.82) is 0 Å². The van der Waals surface area contributed by atoms with E-state index in [2.05, 4.69) is 0 Å². The summed E-state index contributed by atoms with van der Waals surface area (Å²) in [4.78, 5) is 25.9. The molecule has 1 aliphatic heterocycles. The smallest absolute Gasteiger partial charge is 0.319 e. The third-order valence-electron chi connectivity index (χ3n) is 5.13. The lowest BCUT2D eigenvalue weighted by atomic mass is 9.74. The molecular weight excluding hydrogens is 332 g/mol.